The average molecular weight is 225 g/mol. The second-order valence-electron chi connectivity index (χ2n) is 4.28. The lowest BCUT2D eigenvalue weighted by molar-refractivity contribution is -0.140. The van der Waals surface area contributed by atoms with Gasteiger partial charge in [0.25, 0.3) is 0 Å². The van der Waals surface area contributed by atoms with Crippen molar-refractivity contribution in [3.05, 3.63) is 0 Å². The molecule has 0 spiro atoms. The zero-order valence-electron chi connectivity index (χ0n) is 10.2. The van der Waals surface area contributed by atoms with Crippen molar-refractivity contribution in [3.8, 4) is 6.07 Å². The first kappa shape index (κ1) is 15.0. The van der Waals surface area contributed by atoms with E-state index < -0.39 is 11.9 Å². The van der Waals surface area contributed by atoms with Crippen LogP contribution in [0.25, 0.3) is 0 Å². The van der Waals surface area contributed by atoms with Crippen molar-refractivity contribution in [2.45, 2.75) is 64.7 Å². The highest BCUT2D eigenvalue weighted by atomic mass is 16.4. The third kappa shape index (κ3) is 8.28. The quantitative estimate of drug-likeness (QED) is 0.576. The predicted octanol–water partition coefficient (Wildman–Crippen LogP) is 3.74. The maximum absolute atomic E-state index is 10.5. The zero-order valence-corrected chi connectivity index (χ0v) is 10.2. The van der Waals surface area contributed by atoms with Crippen LogP contribution in [-0.4, -0.2) is 11.1 Å². The fourth-order valence-electron chi connectivity index (χ4n) is 1.73. The lowest BCUT2D eigenvalue weighted by atomic mass is 10.0. The predicted molar refractivity (Wildman–Crippen MR) is 64.0 cm³/mol. The molecular weight excluding hydrogens is 202 g/mol. The largest absolute Gasteiger partial charge is 0.480 e. The van der Waals surface area contributed by atoms with Crippen molar-refractivity contribution in [2.24, 2.45) is 5.92 Å². The second-order valence-corrected chi connectivity index (χ2v) is 4.28. The van der Waals surface area contributed by atoms with Crippen LogP contribution in [0.5, 0.6) is 0 Å². The van der Waals surface area contributed by atoms with Gasteiger partial charge in [0.05, 0.1) is 6.07 Å². The Morgan fingerprint density at radius 2 is 1.62 bits per heavy atom. The summed E-state index contributed by atoms with van der Waals surface area (Å²) in [5, 5.41) is 17.2. The van der Waals surface area contributed by atoms with Gasteiger partial charge in [-0.25, -0.2) is 0 Å². The van der Waals surface area contributed by atoms with Gasteiger partial charge in [0.2, 0.25) is 0 Å². The Labute approximate surface area is 98.5 Å². The minimum atomic E-state index is -0.981. The van der Waals surface area contributed by atoms with Gasteiger partial charge < -0.3 is 5.11 Å². The maximum atomic E-state index is 10.5. The lowest BCUT2D eigenvalue weighted by Crippen LogP contribution is -2.10. The van der Waals surface area contributed by atoms with Crippen LogP contribution in [0.3, 0.4) is 0 Å². The van der Waals surface area contributed by atoms with E-state index in [0.29, 0.717) is 6.42 Å². The second kappa shape index (κ2) is 10.5. The SMILES string of the molecule is CCCCCCCCCCC(C#N)C(=O)O. The van der Waals surface area contributed by atoms with Gasteiger partial charge in [-0.15, -0.1) is 0 Å². The Bertz CT molecular complexity index is 220. The van der Waals surface area contributed by atoms with Gasteiger partial charge in [-0.3, -0.25) is 4.79 Å². The standard InChI is InChI=1S/C13H23NO2/c1-2-3-4-5-6-7-8-9-10-12(11-14)13(15)16/h12H,2-10H2,1H3,(H,15,16). The summed E-state index contributed by atoms with van der Waals surface area (Å²) in [7, 11) is 0. The fraction of sp³-hybridized carbons (Fsp3) is 0.846. The van der Waals surface area contributed by atoms with E-state index in [1.807, 2.05) is 6.07 Å². The highest BCUT2D eigenvalue weighted by Crippen LogP contribution is 2.13. The molecule has 3 heteroatoms. The molecule has 0 bridgehead atoms. The molecule has 0 amide bonds. The number of carboxylic acid groups (broad SMARTS) is 1. The Morgan fingerprint density at radius 3 is 2.06 bits per heavy atom. The van der Waals surface area contributed by atoms with Crippen molar-refractivity contribution < 1.29 is 9.90 Å². The molecule has 0 aliphatic rings. The minimum absolute atomic E-state index is 0.501. The molecule has 0 fully saturated rings. The first-order valence-corrected chi connectivity index (χ1v) is 6.34. The molecule has 16 heavy (non-hydrogen) atoms. The van der Waals surface area contributed by atoms with Crippen LogP contribution in [0.1, 0.15) is 64.7 Å². The van der Waals surface area contributed by atoms with Crippen molar-refractivity contribution >= 4 is 5.97 Å². The van der Waals surface area contributed by atoms with Crippen LogP contribution < -0.4 is 0 Å². The molecule has 1 unspecified atom stereocenters. The van der Waals surface area contributed by atoms with E-state index in [1.54, 1.807) is 0 Å². The van der Waals surface area contributed by atoms with Gasteiger partial charge in [-0.1, -0.05) is 58.3 Å². The fourth-order valence-corrected chi connectivity index (χ4v) is 1.73. The number of unbranched alkanes of at least 4 members (excludes halogenated alkanes) is 7. The van der Waals surface area contributed by atoms with Crippen molar-refractivity contribution in [2.75, 3.05) is 0 Å². The molecule has 0 saturated heterocycles. The van der Waals surface area contributed by atoms with Crippen molar-refractivity contribution in [1.82, 2.24) is 0 Å². The summed E-state index contributed by atoms with van der Waals surface area (Å²) in [4.78, 5) is 10.5. The van der Waals surface area contributed by atoms with Crippen molar-refractivity contribution in [3.63, 3.8) is 0 Å². The summed E-state index contributed by atoms with van der Waals surface area (Å²) in [6.07, 6.45) is 10.0. The third-order valence-electron chi connectivity index (χ3n) is 2.80. The number of carbonyl (C=O) groups is 1. The summed E-state index contributed by atoms with van der Waals surface area (Å²) in [5.74, 6) is -1.79. The van der Waals surface area contributed by atoms with Gasteiger partial charge in [0.1, 0.15) is 5.92 Å². The van der Waals surface area contributed by atoms with Gasteiger partial charge in [-0.05, 0) is 6.42 Å². The monoisotopic (exact) mass is 225 g/mol. The molecule has 3 nitrogen and oxygen atoms in total. The van der Waals surface area contributed by atoms with Gasteiger partial charge in [0.15, 0.2) is 0 Å². The molecule has 0 saturated carbocycles. The summed E-state index contributed by atoms with van der Waals surface area (Å²) < 4.78 is 0. The van der Waals surface area contributed by atoms with Gasteiger partial charge >= 0.3 is 5.97 Å². The maximum Gasteiger partial charge on any atom is 0.320 e. The van der Waals surface area contributed by atoms with Crippen LogP contribution in [0.2, 0.25) is 0 Å². The van der Waals surface area contributed by atoms with Crippen molar-refractivity contribution in [1.29, 1.82) is 5.26 Å². The van der Waals surface area contributed by atoms with E-state index in [4.69, 9.17) is 10.4 Å². The van der Waals surface area contributed by atoms with E-state index in [2.05, 4.69) is 6.92 Å². The number of aliphatic carboxylic acids is 1. The number of rotatable bonds is 10. The van der Waals surface area contributed by atoms with Crippen LogP contribution in [-0.2, 0) is 4.79 Å². The van der Waals surface area contributed by atoms with E-state index in [1.165, 1.54) is 38.5 Å². The summed E-state index contributed by atoms with van der Waals surface area (Å²) in [5.41, 5.74) is 0. The molecule has 0 radical (unpaired) electrons. The van der Waals surface area contributed by atoms with Crippen LogP contribution in [0, 0.1) is 17.2 Å². The van der Waals surface area contributed by atoms with E-state index >= 15 is 0 Å². The van der Waals surface area contributed by atoms with Gasteiger partial charge in [-0.2, -0.15) is 5.26 Å². The summed E-state index contributed by atoms with van der Waals surface area (Å²) >= 11 is 0. The Balaban J connectivity index is 3.27. The number of carboxylic acids is 1. The first-order chi connectivity index (χ1) is 7.72. The lowest BCUT2D eigenvalue weighted by Gasteiger charge is -2.03. The molecule has 1 N–H and O–H groups in total. The van der Waals surface area contributed by atoms with Crippen LogP contribution in [0.15, 0.2) is 0 Å². The molecule has 0 heterocycles. The number of hydrogen-bond donors (Lipinski definition) is 1. The molecular formula is C13H23NO2. The van der Waals surface area contributed by atoms with Crippen LogP contribution in [0.4, 0.5) is 0 Å². The number of nitriles is 1. The highest BCUT2D eigenvalue weighted by molar-refractivity contribution is 5.72. The Hall–Kier alpha value is -1.04. The first-order valence-electron chi connectivity index (χ1n) is 6.34. The smallest absolute Gasteiger partial charge is 0.320 e. The molecule has 0 aliphatic heterocycles. The average Bonchev–Trinajstić information content (AvgIpc) is 2.26. The number of nitrogens with zero attached hydrogens (tertiary/aromatic N) is 1. The molecule has 92 valence electrons. The third-order valence-corrected chi connectivity index (χ3v) is 2.80. The molecule has 0 aromatic carbocycles. The summed E-state index contributed by atoms with van der Waals surface area (Å²) in [6, 6.07) is 1.82. The molecule has 0 aromatic heterocycles. The Kier molecular flexibility index (Phi) is 9.80. The summed E-state index contributed by atoms with van der Waals surface area (Å²) in [6.45, 7) is 2.20. The van der Waals surface area contributed by atoms with E-state index in [9.17, 15) is 4.79 Å². The normalized spacial score (nSPS) is 12.0. The zero-order chi connectivity index (χ0) is 12.2. The van der Waals surface area contributed by atoms with E-state index in [0.717, 1.165) is 12.8 Å². The van der Waals surface area contributed by atoms with Crippen LogP contribution >= 0.6 is 0 Å². The Morgan fingerprint density at radius 1 is 1.12 bits per heavy atom. The molecule has 0 rings (SSSR count). The molecule has 1 atom stereocenters. The van der Waals surface area contributed by atoms with E-state index in [-0.39, 0.29) is 0 Å². The number of hydrogen-bond acceptors (Lipinski definition) is 2. The minimum Gasteiger partial charge on any atom is -0.480 e. The molecule has 0 aliphatic carbocycles. The van der Waals surface area contributed by atoms with Gasteiger partial charge in [0, 0.05) is 0 Å². The topological polar surface area (TPSA) is 61.1 Å². The highest BCUT2D eigenvalue weighted by Gasteiger charge is 2.14. The molecule has 0 aromatic rings.